The predicted octanol–water partition coefficient (Wildman–Crippen LogP) is 3.67. The molecule has 0 spiro atoms. The topological polar surface area (TPSA) is 48.4 Å². The van der Waals surface area contributed by atoms with Crippen molar-refractivity contribution in [3.63, 3.8) is 0 Å². The molecule has 4 nitrogen and oxygen atoms in total. The molecule has 1 heterocycles. The lowest BCUT2D eigenvalue weighted by Crippen LogP contribution is -2.07. The van der Waals surface area contributed by atoms with Crippen LogP contribution in [0.5, 0.6) is 11.5 Å². The quantitative estimate of drug-likeness (QED) is 0.796. The summed E-state index contributed by atoms with van der Waals surface area (Å²) in [4.78, 5) is 15.8. The highest BCUT2D eigenvalue weighted by Gasteiger charge is 2.15. The summed E-state index contributed by atoms with van der Waals surface area (Å²) < 4.78 is 10.8. The van der Waals surface area contributed by atoms with E-state index in [1.165, 1.54) is 6.20 Å². The minimum atomic E-state index is -0.430. The van der Waals surface area contributed by atoms with Crippen LogP contribution in [0.15, 0.2) is 36.7 Å². The van der Waals surface area contributed by atoms with Gasteiger partial charge in [0.25, 0.3) is 0 Å². The first-order valence-electron chi connectivity index (χ1n) is 6.48. The van der Waals surface area contributed by atoms with Crippen molar-refractivity contribution < 1.29 is 14.3 Å². The second-order valence-corrected chi connectivity index (χ2v) is 4.46. The summed E-state index contributed by atoms with van der Waals surface area (Å²) in [6, 6.07) is 7.59. The Hall–Kier alpha value is -2.36. The Morgan fingerprint density at radius 3 is 2.75 bits per heavy atom. The van der Waals surface area contributed by atoms with E-state index in [0.717, 1.165) is 16.9 Å². The van der Waals surface area contributed by atoms with Crippen LogP contribution in [-0.2, 0) is 4.74 Å². The van der Waals surface area contributed by atoms with E-state index in [2.05, 4.69) is 4.98 Å². The van der Waals surface area contributed by atoms with Gasteiger partial charge in [0.2, 0.25) is 0 Å². The molecule has 1 aromatic heterocycles. The number of carbonyl (C=O) groups is 1. The van der Waals surface area contributed by atoms with Gasteiger partial charge in [0.05, 0.1) is 6.61 Å². The fraction of sp³-hybridized carbons (Fsp3) is 0.250. The lowest BCUT2D eigenvalue weighted by molar-refractivity contribution is 0.0523. The summed E-state index contributed by atoms with van der Waals surface area (Å²) in [5.74, 6) is 0.745. The van der Waals surface area contributed by atoms with Crippen LogP contribution in [0.4, 0.5) is 0 Å². The Balaban J connectivity index is 2.34. The van der Waals surface area contributed by atoms with Crippen LogP contribution in [0.3, 0.4) is 0 Å². The number of benzene rings is 1. The fourth-order valence-corrected chi connectivity index (χ4v) is 1.77. The van der Waals surface area contributed by atoms with Crippen LogP contribution >= 0.6 is 0 Å². The van der Waals surface area contributed by atoms with Crippen molar-refractivity contribution in [2.24, 2.45) is 0 Å². The lowest BCUT2D eigenvalue weighted by atomic mass is 10.1. The minimum Gasteiger partial charge on any atom is -0.462 e. The molecule has 0 amide bonds. The third-order valence-electron chi connectivity index (χ3n) is 2.84. The number of pyridine rings is 1. The average Bonchev–Trinajstić information content (AvgIpc) is 2.44. The maximum absolute atomic E-state index is 11.9. The molecule has 0 aliphatic carbocycles. The number of esters is 1. The molecule has 104 valence electrons. The molecule has 4 heteroatoms. The third kappa shape index (κ3) is 3.15. The number of carbonyl (C=O) groups excluding carboxylic acids is 1. The SMILES string of the molecule is CCOC(=O)c1cnccc1Oc1cc(C)ccc1C. The number of nitrogens with zero attached hydrogens (tertiary/aromatic N) is 1. The van der Waals surface area contributed by atoms with Gasteiger partial charge in [-0.3, -0.25) is 4.98 Å². The van der Waals surface area contributed by atoms with Crippen molar-refractivity contribution in [1.82, 2.24) is 4.98 Å². The van der Waals surface area contributed by atoms with Crippen molar-refractivity contribution in [2.45, 2.75) is 20.8 Å². The Kier molecular flexibility index (Phi) is 4.35. The molecule has 1 aromatic carbocycles. The third-order valence-corrected chi connectivity index (χ3v) is 2.84. The van der Waals surface area contributed by atoms with E-state index in [1.54, 1.807) is 19.2 Å². The maximum Gasteiger partial charge on any atom is 0.343 e. The van der Waals surface area contributed by atoms with Crippen molar-refractivity contribution in [3.8, 4) is 11.5 Å². The summed E-state index contributed by atoms with van der Waals surface area (Å²) in [5.41, 5.74) is 2.43. The van der Waals surface area contributed by atoms with E-state index in [0.29, 0.717) is 17.9 Å². The van der Waals surface area contributed by atoms with Crippen LogP contribution in [0, 0.1) is 13.8 Å². The molecule has 0 fully saturated rings. The molecule has 20 heavy (non-hydrogen) atoms. The van der Waals surface area contributed by atoms with E-state index in [9.17, 15) is 4.79 Å². The highest BCUT2D eigenvalue weighted by molar-refractivity contribution is 5.92. The molecule has 0 bridgehead atoms. The number of hydrogen-bond acceptors (Lipinski definition) is 4. The number of aryl methyl sites for hydroxylation is 2. The standard InChI is InChI=1S/C16H17NO3/c1-4-19-16(18)13-10-17-8-7-14(13)20-15-9-11(2)5-6-12(15)3/h5-10H,4H2,1-3H3. The number of aromatic nitrogens is 1. The van der Waals surface area contributed by atoms with Crippen molar-refractivity contribution in [1.29, 1.82) is 0 Å². The molecule has 0 N–H and O–H groups in total. The van der Waals surface area contributed by atoms with Gasteiger partial charge in [-0.15, -0.1) is 0 Å². The van der Waals surface area contributed by atoms with Gasteiger partial charge in [0, 0.05) is 18.5 Å². The van der Waals surface area contributed by atoms with Gasteiger partial charge in [-0.25, -0.2) is 4.79 Å². The molecule has 0 atom stereocenters. The Morgan fingerprint density at radius 1 is 1.20 bits per heavy atom. The molecule has 0 saturated carbocycles. The molecule has 0 radical (unpaired) electrons. The van der Waals surface area contributed by atoms with Crippen LogP contribution in [-0.4, -0.2) is 17.6 Å². The fourth-order valence-electron chi connectivity index (χ4n) is 1.77. The Bertz CT molecular complexity index is 623. The van der Waals surface area contributed by atoms with Gasteiger partial charge >= 0.3 is 5.97 Å². The largest absolute Gasteiger partial charge is 0.462 e. The lowest BCUT2D eigenvalue weighted by Gasteiger charge is -2.12. The maximum atomic E-state index is 11.9. The smallest absolute Gasteiger partial charge is 0.343 e. The van der Waals surface area contributed by atoms with E-state index in [1.807, 2.05) is 32.0 Å². The second-order valence-electron chi connectivity index (χ2n) is 4.46. The van der Waals surface area contributed by atoms with Crippen LogP contribution in [0.25, 0.3) is 0 Å². The summed E-state index contributed by atoms with van der Waals surface area (Å²) in [5, 5.41) is 0. The van der Waals surface area contributed by atoms with Crippen LogP contribution in [0.2, 0.25) is 0 Å². The summed E-state index contributed by atoms with van der Waals surface area (Å²) in [6.45, 7) is 6.03. The normalized spacial score (nSPS) is 10.2. The molecule has 0 unspecified atom stereocenters. The van der Waals surface area contributed by atoms with Crippen molar-refractivity contribution >= 4 is 5.97 Å². The van der Waals surface area contributed by atoms with Gasteiger partial charge < -0.3 is 9.47 Å². The zero-order chi connectivity index (χ0) is 14.5. The predicted molar refractivity (Wildman–Crippen MR) is 76.2 cm³/mol. The van der Waals surface area contributed by atoms with Gasteiger partial charge in [-0.2, -0.15) is 0 Å². The number of hydrogen-bond donors (Lipinski definition) is 0. The second kappa shape index (κ2) is 6.19. The molecule has 0 aliphatic rings. The van der Waals surface area contributed by atoms with Gasteiger partial charge in [-0.05, 0) is 38.0 Å². The average molecular weight is 271 g/mol. The molecular formula is C16H17NO3. The summed E-state index contributed by atoms with van der Waals surface area (Å²) in [7, 11) is 0. The van der Waals surface area contributed by atoms with Crippen molar-refractivity contribution in [3.05, 3.63) is 53.3 Å². The zero-order valence-corrected chi connectivity index (χ0v) is 11.8. The van der Waals surface area contributed by atoms with Crippen molar-refractivity contribution in [2.75, 3.05) is 6.61 Å². The first-order chi connectivity index (χ1) is 9.61. The summed E-state index contributed by atoms with van der Waals surface area (Å²) >= 11 is 0. The van der Waals surface area contributed by atoms with E-state index in [-0.39, 0.29) is 0 Å². The first-order valence-corrected chi connectivity index (χ1v) is 6.48. The first kappa shape index (κ1) is 14.1. The molecular weight excluding hydrogens is 254 g/mol. The molecule has 0 aliphatic heterocycles. The Morgan fingerprint density at radius 2 is 2.00 bits per heavy atom. The summed E-state index contributed by atoms with van der Waals surface area (Å²) in [6.07, 6.45) is 3.04. The zero-order valence-electron chi connectivity index (χ0n) is 11.8. The molecule has 2 aromatic rings. The molecule has 2 rings (SSSR count). The van der Waals surface area contributed by atoms with Gasteiger partial charge in [-0.1, -0.05) is 12.1 Å². The van der Waals surface area contributed by atoms with Crippen LogP contribution in [0.1, 0.15) is 28.4 Å². The molecule has 0 saturated heterocycles. The van der Waals surface area contributed by atoms with E-state index < -0.39 is 5.97 Å². The monoisotopic (exact) mass is 271 g/mol. The Labute approximate surface area is 118 Å². The highest BCUT2D eigenvalue weighted by atomic mass is 16.5. The van der Waals surface area contributed by atoms with E-state index >= 15 is 0 Å². The van der Waals surface area contributed by atoms with Gasteiger partial charge in [0.1, 0.15) is 17.1 Å². The number of ether oxygens (including phenoxy) is 2. The highest BCUT2D eigenvalue weighted by Crippen LogP contribution is 2.28. The van der Waals surface area contributed by atoms with Gasteiger partial charge in [0.15, 0.2) is 0 Å². The minimum absolute atomic E-state index is 0.316. The van der Waals surface area contributed by atoms with Crippen LogP contribution < -0.4 is 4.74 Å². The van der Waals surface area contributed by atoms with E-state index in [4.69, 9.17) is 9.47 Å². The number of rotatable bonds is 4.